The molecule has 0 aliphatic heterocycles. The zero-order valence-corrected chi connectivity index (χ0v) is 9.38. The van der Waals surface area contributed by atoms with Crippen molar-refractivity contribution in [3.63, 3.8) is 0 Å². The van der Waals surface area contributed by atoms with Crippen LogP contribution in [0.4, 0.5) is 0 Å². The van der Waals surface area contributed by atoms with Gasteiger partial charge >= 0.3 is 11.9 Å². The van der Waals surface area contributed by atoms with Crippen molar-refractivity contribution in [2.24, 2.45) is 5.41 Å². The Morgan fingerprint density at radius 1 is 1.21 bits per heavy atom. The number of carbonyl (C=O) groups is 2. The summed E-state index contributed by atoms with van der Waals surface area (Å²) in [7, 11) is 0. The van der Waals surface area contributed by atoms with Gasteiger partial charge in [-0.15, -0.1) is 0 Å². The molecule has 0 fully saturated rings. The Bertz CT molecular complexity index is 239. The van der Waals surface area contributed by atoms with E-state index in [9.17, 15) is 9.59 Å². The molecule has 82 valence electrons. The molecule has 0 heterocycles. The van der Waals surface area contributed by atoms with Crippen molar-refractivity contribution < 1.29 is 19.4 Å². The maximum absolute atomic E-state index is 11.5. The minimum Gasteiger partial charge on any atom is -0.478 e. The normalized spacial score (nSPS) is 15.8. The molecule has 14 heavy (non-hydrogen) atoms. The van der Waals surface area contributed by atoms with E-state index in [0.29, 0.717) is 0 Å². The molecular formula is C10H18O4. The lowest BCUT2D eigenvalue weighted by Gasteiger charge is -2.27. The molecule has 4 heteroatoms. The summed E-state index contributed by atoms with van der Waals surface area (Å²) in [6.45, 7) is 8.14. The van der Waals surface area contributed by atoms with Crippen LogP contribution in [0, 0.1) is 5.41 Å². The van der Waals surface area contributed by atoms with Crippen molar-refractivity contribution in [1.29, 1.82) is 0 Å². The summed E-state index contributed by atoms with van der Waals surface area (Å²) >= 11 is 0. The van der Waals surface area contributed by atoms with Gasteiger partial charge < -0.3 is 9.84 Å². The first-order valence-corrected chi connectivity index (χ1v) is 4.60. The van der Waals surface area contributed by atoms with Gasteiger partial charge in [0.2, 0.25) is 5.60 Å². The first kappa shape index (κ1) is 12.9. The van der Waals surface area contributed by atoms with Crippen molar-refractivity contribution in [2.75, 3.05) is 0 Å². The van der Waals surface area contributed by atoms with Crippen molar-refractivity contribution in [3.05, 3.63) is 0 Å². The minimum absolute atomic E-state index is 0.254. The van der Waals surface area contributed by atoms with Crippen molar-refractivity contribution in [2.45, 2.75) is 46.6 Å². The molecule has 0 amide bonds. The summed E-state index contributed by atoms with van der Waals surface area (Å²) in [5.41, 5.74) is -2.09. The highest BCUT2D eigenvalue weighted by Crippen LogP contribution is 2.23. The van der Waals surface area contributed by atoms with Crippen LogP contribution in [0.1, 0.15) is 41.0 Å². The largest absolute Gasteiger partial charge is 0.478 e. The standard InChI is InChI=1S/C10H18O4/c1-6-10(5,7(11)12)14-8(13)9(2,3)4/h6H2,1-5H3,(H,11,12). The Hall–Kier alpha value is -1.06. The van der Waals surface area contributed by atoms with E-state index in [0.717, 1.165) is 0 Å². The van der Waals surface area contributed by atoms with Gasteiger partial charge in [0.1, 0.15) is 0 Å². The Kier molecular flexibility index (Phi) is 3.68. The number of carboxylic acid groups (broad SMARTS) is 1. The number of carboxylic acids is 1. The topological polar surface area (TPSA) is 63.6 Å². The zero-order valence-electron chi connectivity index (χ0n) is 9.38. The molecule has 0 aromatic heterocycles. The van der Waals surface area contributed by atoms with Crippen LogP contribution < -0.4 is 0 Å². The van der Waals surface area contributed by atoms with E-state index < -0.39 is 23.0 Å². The number of hydrogen-bond acceptors (Lipinski definition) is 3. The maximum atomic E-state index is 11.5. The second-order valence-electron chi connectivity index (χ2n) is 4.53. The third-order valence-corrected chi connectivity index (χ3v) is 2.06. The summed E-state index contributed by atoms with van der Waals surface area (Å²) in [4.78, 5) is 22.3. The van der Waals surface area contributed by atoms with E-state index in [1.165, 1.54) is 6.92 Å². The van der Waals surface area contributed by atoms with Gasteiger partial charge in [0, 0.05) is 0 Å². The fourth-order valence-corrected chi connectivity index (χ4v) is 0.625. The van der Waals surface area contributed by atoms with Crippen LogP contribution in [-0.2, 0) is 14.3 Å². The van der Waals surface area contributed by atoms with Crippen LogP contribution in [-0.4, -0.2) is 22.6 Å². The van der Waals surface area contributed by atoms with E-state index >= 15 is 0 Å². The smallest absolute Gasteiger partial charge is 0.347 e. The third kappa shape index (κ3) is 3.01. The quantitative estimate of drug-likeness (QED) is 0.709. The molecule has 1 unspecified atom stereocenters. The second kappa shape index (κ2) is 3.98. The van der Waals surface area contributed by atoms with Gasteiger partial charge in [-0.25, -0.2) is 4.79 Å². The Balaban J connectivity index is 4.65. The lowest BCUT2D eigenvalue weighted by atomic mass is 9.96. The van der Waals surface area contributed by atoms with E-state index in [4.69, 9.17) is 9.84 Å². The van der Waals surface area contributed by atoms with Gasteiger partial charge in [0.15, 0.2) is 0 Å². The lowest BCUT2D eigenvalue weighted by Crippen LogP contribution is -2.42. The van der Waals surface area contributed by atoms with E-state index in [-0.39, 0.29) is 6.42 Å². The fourth-order valence-electron chi connectivity index (χ4n) is 0.625. The predicted molar refractivity (Wildman–Crippen MR) is 51.9 cm³/mol. The summed E-state index contributed by atoms with van der Waals surface area (Å²) < 4.78 is 4.97. The van der Waals surface area contributed by atoms with Crippen LogP contribution in [0.5, 0.6) is 0 Å². The molecule has 0 aromatic rings. The summed E-state index contributed by atoms with van der Waals surface area (Å²) in [5, 5.41) is 8.87. The van der Waals surface area contributed by atoms with Gasteiger partial charge in [-0.3, -0.25) is 4.79 Å². The summed E-state index contributed by atoms with van der Waals surface area (Å²) in [6, 6.07) is 0. The van der Waals surface area contributed by atoms with E-state index in [1.807, 2.05) is 0 Å². The maximum Gasteiger partial charge on any atom is 0.347 e. The van der Waals surface area contributed by atoms with Gasteiger partial charge in [-0.2, -0.15) is 0 Å². The number of esters is 1. The monoisotopic (exact) mass is 202 g/mol. The van der Waals surface area contributed by atoms with E-state index in [1.54, 1.807) is 27.7 Å². The first-order chi connectivity index (χ1) is 6.13. The number of rotatable bonds is 3. The molecule has 1 N–H and O–H groups in total. The fraction of sp³-hybridized carbons (Fsp3) is 0.800. The van der Waals surface area contributed by atoms with Gasteiger partial charge in [-0.05, 0) is 34.1 Å². The first-order valence-electron chi connectivity index (χ1n) is 4.60. The molecule has 0 aliphatic rings. The number of ether oxygens (including phenoxy) is 1. The van der Waals surface area contributed by atoms with Crippen molar-refractivity contribution >= 4 is 11.9 Å². The molecule has 0 saturated carbocycles. The van der Waals surface area contributed by atoms with Crippen molar-refractivity contribution in [1.82, 2.24) is 0 Å². The van der Waals surface area contributed by atoms with Crippen molar-refractivity contribution in [3.8, 4) is 0 Å². The van der Waals surface area contributed by atoms with Crippen LogP contribution in [0.25, 0.3) is 0 Å². The third-order valence-electron chi connectivity index (χ3n) is 2.06. The van der Waals surface area contributed by atoms with Gasteiger partial charge in [0.05, 0.1) is 5.41 Å². The zero-order chi connectivity index (χ0) is 11.6. The Morgan fingerprint density at radius 3 is 1.86 bits per heavy atom. The van der Waals surface area contributed by atoms with Gasteiger partial charge in [-0.1, -0.05) is 6.92 Å². The number of aliphatic carboxylic acids is 1. The second-order valence-corrected chi connectivity index (χ2v) is 4.53. The average Bonchev–Trinajstić information content (AvgIpc) is 2.02. The molecule has 0 bridgehead atoms. The average molecular weight is 202 g/mol. The number of hydrogen-bond donors (Lipinski definition) is 1. The lowest BCUT2D eigenvalue weighted by molar-refractivity contribution is -0.182. The van der Waals surface area contributed by atoms with Crippen LogP contribution >= 0.6 is 0 Å². The molecule has 0 saturated heterocycles. The van der Waals surface area contributed by atoms with E-state index in [2.05, 4.69) is 0 Å². The highest BCUT2D eigenvalue weighted by Gasteiger charge is 2.38. The number of carbonyl (C=O) groups excluding carboxylic acids is 1. The molecule has 4 nitrogen and oxygen atoms in total. The van der Waals surface area contributed by atoms with Gasteiger partial charge in [0.25, 0.3) is 0 Å². The molecule has 0 aliphatic carbocycles. The SMILES string of the molecule is CCC(C)(OC(=O)C(C)(C)C)C(=O)O. The molecule has 0 rings (SSSR count). The molecule has 1 atom stereocenters. The van der Waals surface area contributed by atoms with Crippen LogP contribution in [0.3, 0.4) is 0 Å². The van der Waals surface area contributed by atoms with Crippen LogP contribution in [0.2, 0.25) is 0 Å². The Morgan fingerprint density at radius 2 is 1.64 bits per heavy atom. The van der Waals surface area contributed by atoms with Crippen LogP contribution in [0.15, 0.2) is 0 Å². The highest BCUT2D eigenvalue weighted by molar-refractivity contribution is 5.83. The molecule has 0 spiro atoms. The molecule has 0 aromatic carbocycles. The minimum atomic E-state index is -1.41. The predicted octanol–water partition coefficient (Wildman–Crippen LogP) is 1.83. The molecule has 0 radical (unpaired) electrons. The Labute approximate surface area is 84.3 Å². The highest BCUT2D eigenvalue weighted by atomic mass is 16.6. The summed E-state index contributed by atoms with van der Waals surface area (Å²) in [6.07, 6.45) is 0.254. The summed E-state index contributed by atoms with van der Waals surface area (Å²) in [5.74, 6) is -1.61. The molecular weight excluding hydrogens is 184 g/mol.